The topological polar surface area (TPSA) is 89.9 Å². The predicted molar refractivity (Wildman–Crippen MR) is 53.3 cm³/mol. The van der Waals surface area contributed by atoms with Crippen LogP contribution in [-0.2, 0) is 10.2 Å². The van der Waals surface area contributed by atoms with E-state index in [0.717, 1.165) is 0 Å². The van der Waals surface area contributed by atoms with Gasteiger partial charge in [-0.25, -0.2) is 17.8 Å². The van der Waals surface area contributed by atoms with Gasteiger partial charge in [-0.3, -0.25) is 0 Å². The highest BCUT2D eigenvalue weighted by molar-refractivity contribution is 7.91. The van der Waals surface area contributed by atoms with E-state index in [-0.39, 0.29) is 0 Å². The Bertz CT molecular complexity index is 614. The normalized spacial score (nSPS) is 17.8. The van der Waals surface area contributed by atoms with Crippen molar-refractivity contribution in [3.63, 3.8) is 0 Å². The summed E-state index contributed by atoms with van der Waals surface area (Å²) in [4.78, 5) is 0. The van der Waals surface area contributed by atoms with Crippen molar-refractivity contribution in [2.24, 2.45) is 0 Å². The Kier molecular flexibility index (Phi) is 2.35. The summed E-state index contributed by atoms with van der Waals surface area (Å²) in [6.45, 7) is 0. The van der Waals surface area contributed by atoms with Gasteiger partial charge in [0.1, 0.15) is 11.4 Å². The fraction of sp³-hybridized carbons (Fsp3) is 0. The highest BCUT2D eigenvalue weighted by atomic mass is 32.2. The van der Waals surface area contributed by atoms with Gasteiger partial charge in [-0.2, -0.15) is 8.42 Å². The van der Waals surface area contributed by atoms with Crippen molar-refractivity contribution in [3.8, 4) is 5.75 Å². The molecule has 3 N–H and O–H groups in total. The van der Waals surface area contributed by atoms with E-state index >= 15 is 0 Å². The first-order chi connectivity index (χ1) is 7.81. The smallest absolute Gasteiger partial charge is 0.330 e. The molecular formula is C8H6F2N2O4S. The average molecular weight is 264 g/mol. The van der Waals surface area contributed by atoms with Crippen LogP contribution in [-0.4, -0.2) is 18.6 Å². The molecule has 0 saturated heterocycles. The van der Waals surface area contributed by atoms with Crippen molar-refractivity contribution in [1.82, 2.24) is 4.72 Å². The second-order valence-electron chi connectivity index (χ2n) is 3.17. The zero-order valence-electron chi connectivity index (χ0n) is 8.05. The van der Waals surface area contributed by atoms with Crippen LogP contribution >= 0.6 is 0 Å². The number of rotatable bonds is 1. The minimum Gasteiger partial charge on any atom is -0.506 e. The SMILES string of the molecule is O=S1(=O)NC(O)=CN1c1cc(F)c(F)cc1O. The van der Waals surface area contributed by atoms with E-state index in [1.165, 1.54) is 0 Å². The number of phenolic OH excluding ortho intramolecular Hbond substituents is 1. The summed E-state index contributed by atoms with van der Waals surface area (Å²) < 4.78 is 50.6. The molecule has 92 valence electrons. The Morgan fingerprint density at radius 2 is 1.76 bits per heavy atom. The quantitative estimate of drug-likeness (QED) is 0.695. The summed E-state index contributed by atoms with van der Waals surface area (Å²) in [7, 11) is -4.15. The van der Waals surface area contributed by atoms with Gasteiger partial charge >= 0.3 is 10.2 Å². The number of aliphatic hydroxyl groups is 1. The number of benzene rings is 1. The summed E-state index contributed by atoms with van der Waals surface area (Å²) in [6.07, 6.45) is 0.710. The molecule has 0 atom stereocenters. The van der Waals surface area contributed by atoms with Crippen LogP contribution in [0.5, 0.6) is 5.75 Å². The number of aromatic hydroxyl groups is 1. The largest absolute Gasteiger partial charge is 0.506 e. The second-order valence-corrected chi connectivity index (χ2v) is 4.72. The van der Waals surface area contributed by atoms with Gasteiger partial charge in [-0.15, -0.1) is 0 Å². The Hall–Kier alpha value is -2.03. The lowest BCUT2D eigenvalue weighted by atomic mass is 10.2. The minimum atomic E-state index is -4.15. The van der Waals surface area contributed by atoms with Gasteiger partial charge in [0.25, 0.3) is 0 Å². The van der Waals surface area contributed by atoms with Gasteiger partial charge in [0.05, 0.1) is 6.20 Å². The number of halogens is 2. The molecule has 17 heavy (non-hydrogen) atoms. The fourth-order valence-electron chi connectivity index (χ4n) is 1.29. The molecule has 0 bridgehead atoms. The van der Waals surface area contributed by atoms with E-state index < -0.39 is 39.2 Å². The molecule has 0 amide bonds. The lowest BCUT2D eigenvalue weighted by molar-refractivity contribution is 0.392. The van der Waals surface area contributed by atoms with Crippen molar-refractivity contribution in [1.29, 1.82) is 0 Å². The lowest BCUT2D eigenvalue weighted by Crippen LogP contribution is -2.29. The standard InChI is InChI=1S/C8H6F2N2O4S/c9-4-1-6(7(13)2-5(4)10)12-3-8(14)11-17(12,15)16/h1-3,11,13-14H. The van der Waals surface area contributed by atoms with E-state index in [4.69, 9.17) is 5.11 Å². The molecule has 2 rings (SSSR count). The van der Waals surface area contributed by atoms with Gasteiger partial charge in [0, 0.05) is 12.1 Å². The van der Waals surface area contributed by atoms with E-state index in [2.05, 4.69) is 0 Å². The number of aliphatic hydroxyl groups excluding tert-OH is 1. The van der Waals surface area contributed by atoms with Crippen molar-refractivity contribution in [3.05, 3.63) is 35.9 Å². The number of anilines is 1. The average Bonchev–Trinajstić information content (AvgIpc) is 2.45. The molecule has 1 aliphatic heterocycles. The maximum absolute atomic E-state index is 13.0. The van der Waals surface area contributed by atoms with Crippen LogP contribution in [0.4, 0.5) is 14.5 Å². The Morgan fingerprint density at radius 3 is 2.29 bits per heavy atom. The zero-order valence-corrected chi connectivity index (χ0v) is 8.87. The Labute approximate surface area is 94.6 Å². The summed E-state index contributed by atoms with van der Waals surface area (Å²) in [5, 5.41) is 18.3. The second kappa shape index (κ2) is 3.48. The first-order valence-corrected chi connectivity index (χ1v) is 5.66. The fourth-order valence-corrected chi connectivity index (χ4v) is 2.35. The first-order valence-electron chi connectivity index (χ1n) is 4.22. The van der Waals surface area contributed by atoms with E-state index in [1.807, 2.05) is 0 Å². The van der Waals surface area contributed by atoms with Crippen LogP contribution in [0.2, 0.25) is 0 Å². The number of phenols is 1. The molecule has 1 aromatic rings. The highest BCUT2D eigenvalue weighted by Gasteiger charge is 2.31. The molecule has 6 nitrogen and oxygen atoms in total. The maximum Gasteiger partial charge on any atom is 0.330 e. The molecule has 0 spiro atoms. The summed E-state index contributed by atoms with van der Waals surface area (Å²) in [6, 6.07) is 0.933. The van der Waals surface area contributed by atoms with Crippen LogP contribution in [0, 0.1) is 11.6 Å². The number of hydrogen-bond acceptors (Lipinski definition) is 4. The molecule has 0 radical (unpaired) electrons. The van der Waals surface area contributed by atoms with E-state index in [9.17, 15) is 22.3 Å². The molecule has 1 aromatic carbocycles. The van der Waals surface area contributed by atoms with Gasteiger partial charge in [0.2, 0.25) is 5.88 Å². The molecule has 0 unspecified atom stereocenters. The molecule has 0 fully saturated rings. The minimum absolute atomic E-state index is 0.389. The number of hydrogen-bond donors (Lipinski definition) is 3. The summed E-state index contributed by atoms with van der Waals surface area (Å²) >= 11 is 0. The van der Waals surface area contributed by atoms with Crippen LogP contribution in [0.25, 0.3) is 0 Å². The van der Waals surface area contributed by atoms with Crippen molar-refractivity contribution >= 4 is 15.9 Å². The van der Waals surface area contributed by atoms with Crippen LogP contribution in [0.3, 0.4) is 0 Å². The van der Waals surface area contributed by atoms with Crippen LogP contribution < -0.4 is 9.03 Å². The van der Waals surface area contributed by atoms with Crippen molar-refractivity contribution < 1.29 is 27.4 Å². The number of nitrogens with zero attached hydrogens (tertiary/aromatic N) is 1. The molecule has 1 aliphatic rings. The summed E-state index contributed by atoms with van der Waals surface area (Å²) in [5.74, 6) is -4.12. The molecule has 0 aromatic heterocycles. The van der Waals surface area contributed by atoms with Crippen LogP contribution in [0.15, 0.2) is 24.2 Å². The molecule has 9 heteroatoms. The van der Waals surface area contributed by atoms with Gasteiger partial charge in [-0.05, 0) is 0 Å². The van der Waals surface area contributed by atoms with Crippen molar-refractivity contribution in [2.75, 3.05) is 4.31 Å². The van der Waals surface area contributed by atoms with Gasteiger partial charge in [0.15, 0.2) is 11.6 Å². The van der Waals surface area contributed by atoms with Crippen LogP contribution in [0.1, 0.15) is 0 Å². The molecular weight excluding hydrogens is 258 g/mol. The number of nitrogens with one attached hydrogen (secondary N) is 1. The van der Waals surface area contributed by atoms with Gasteiger partial charge < -0.3 is 10.2 Å². The lowest BCUT2D eigenvalue weighted by Gasteiger charge is -2.15. The third kappa shape index (κ3) is 1.84. The zero-order chi connectivity index (χ0) is 12.8. The maximum atomic E-state index is 13.0. The molecule has 1 heterocycles. The summed E-state index contributed by atoms with van der Waals surface area (Å²) in [5.41, 5.74) is -0.513. The third-order valence-electron chi connectivity index (χ3n) is 1.99. The Morgan fingerprint density at radius 1 is 1.18 bits per heavy atom. The third-order valence-corrected chi connectivity index (χ3v) is 3.27. The monoisotopic (exact) mass is 264 g/mol. The molecule has 0 aliphatic carbocycles. The van der Waals surface area contributed by atoms with E-state index in [1.54, 1.807) is 4.72 Å². The van der Waals surface area contributed by atoms with E-state index in [0.29, 0.717) is 22.6 Å². The first kappa shape index (κ1) is 11.5. The highest BCUT2D eigenvalue weighted by Crippen LogP contribution is 2.33. The predicted octanol–water partition coefficient (Wildman–Crippen LogP) is 0.682. The Balaban J connectivity index is 2.59. The van der Waals surface area contributed by atoms with Crippen molar-refractivity contribution in [2.45, 2.75) is 0 Å². The van der Waals surface area contributed by atoms with Gasteiger partial charge in [-0.1, -0.05) is 0 Å². The molecule has 0 saturated carbocycles.